The summed E-state index contributed by atoms with van der Waals surface area (Å²) in [5.74, 6) is -0.709. The smallest absolute Gasteiger partial charge is 0.295 e. The summed E-state index contributed by atoms with van der Waals surface area (Å²) in [6.45, 7) is 7.01. The van der Waals surface area contributed by atoms with E-state index in [1.165, 1.54) is 0 Å². The Balaban J connectivity index is 1.66. The van der Waals surface area contributed by atoms with Gasteiger partial charge in [0, 0.05) is 31.7 Å². The van der Waals surface area contributed by atoms with E-state index in [2.05, 4.69) is 4.90 Å². The Morgan fingerprint density at radius 3 is 2.56 bits per heavy atom. The Morgan fingerprint density at radius 2 is 1.82 bits per heavy atom. The van der Waals surface area contributed by atoms with Crippen molar-refractivity contribution < 1.29 is 24.2 Å². The highest BCUT2D eigenvalue weighted by molar-refractivity contribution is 6.46. The molecule has 2 heterocycles. The fourth-order valence-electron chi connectivity index (χ4n) is 4.49. The van der Waals surface area contributed by atoms with Gasteiger partial charge >= 0.3 is 0 Å². The van der Waals surface area contributed by atoms with Gasteiger partial charge in [-0.1, -0.05) is 49.4 Å². The summed E-state index contributed by atoms with van der Waals surface area (Å²) in [4.78, 5) is 30.2. The second-order valence-electron chi connectivity index (χ2n) is 8.59. The minimum atomic E-state index is -0.671. The third-order valence-electron chi connectivity index (χ3n) is 6.21. The maximum absolute atomic E-state index is 13.2. The van der Waals surface area contributed by atoms with Gasteiger partial charge in [-0.2, -0.15) is 0 Å². The molecule has 0 bridgehead atoms. The van der Waals surface area contributed by atoms with Gasteiger partial charge < -0.3 is 19.5 Å². The molecule has 2 aromatic rings. The van der Waals surface area contributed by atoms with Crippen molar-refractivity contribution in [2.75, 3.05) is 46.0 Å². The number of hydrogen-bond donors (Lipinski definition) is 1. The standard InChI is InChI=1S/C27H32N2O5/c1-2-16-34-22-11-6-10-21(19-22)24-23(25(30)20-8-4-3-5-9-20)26(31)27(32)29(24)13-7-12-28-14-17-33-18-15-28/h3-6,8-11,19,24,30H,2,7,12-18H2,1H3/b25-23+. The molecule has 4 rings (SSSR count). The van der Waals surface area contributed by atoms with Crippen molar-refractivity contribution in [2.24, 2.45) is 0 Å². The molecule has 0 saturated carbocycles. The van der Waals surface area contributed by atoms with Crippen molar-refractivity contribution in [3.05, 3.63) is 71.3 Å². The van der Waals surface area contributed by atoms with Crippen LogP contribution in [-0.2, 0) is 14.3 Å². The number of benzene rings is 2. The number of amides is 1. The molecule has 34 heavy (non-hydrogen) atoms. The van der Waals surface area contributed by atoms with Crippen LogP contribution in [0.3, 0.4) is 0 Å². The number of ether oxygens (including phenoxy) is 2. The first kappa shape index (κ1) is 24.0. The number of carbonyl (C=O) groups excluding carboxylic acids is 2. The zero-order chi connectivity index (χ0) is 23.9. The number of carbonyl (C=O) groups is 2. The maximum Gasteiger partial charge on any atom is 0.295 e. The van der Waals surface area contributed by atoms with E-state index < -0.39 is 17.7 Å². The second-order valence-corrected chi connectivity index (χ2v) is 8.59. The number of hydrogen-bond acceptors (Lipinski definition) is 6. The second kappa shape index (κ2) is 11.3. The van der Waals surface area contributed by atoms with Gasteiger partial charge in [0.2, 0.25) is 0 Å². The van der Waals surface area contributed by atoms with Crippen LogP contribution < -0.4 is 4.74 Å². The minimum absolute atomic E-state index is 0.121. The monoisotopic (exact) mass is 464 g/mol. The van der Waals surface area contributed by atoms with Gasteiger partial charge in [-0.05, 0) is 30.5 Å². The minimum Gasteiger partial charge on any atom is -0.507 e. The SMILES string of the molecule is CCCOc1cccc(C2/C(=C(\O)c3ccccc3)C(=O)C(=O)N2CCCN2CCOCC2)c1. The fraction of sp³-hybridized carbons (Fsp3) is 0.407. The van der Waals surface area contributed by atoms with E-state index in [1.54, 1.807) is 29.2 Å². The third-order valence-corrected chi connectivity index (χ3v) is 6.21. The Kier molecular flexibility index (Phi) is 7.98. The number of Topliss-reactive ketones (excluding diaryl/α,β-unsaturated/α-hetero) is 1. The van der Waals surface area contributed by atoms with Crippen molar-refractivity contribution in [1.82, 2.24) is 9.80 Å². The van der Waals surface area contributed by atoms with Gasteiger partial charge in [0.1, 0.15) is 11.5 Å². The summed E-state index contributed by atoms with van der Waals surface area (Å²) in [7, 11) is 0. The van der Waals surface area contributed by atoms with E-state index in [4.69, 9.17) is 9.47 Å². The molecule has 0 aliphatic carbocycles. The molecule has 1 amide bonds. The van der Waals surface area contributed by atoms with Crippen LogP contribution in [0, 0.1) is 0 Å². The molecule has 2 aliphatic heterocycles. The molecule has 7 heteroatoms. The first-order chi connectivity index (χ1) is 16.6. The van der Waals surface area contributed by atoms with E-state index in [-0.39, 0.29) is 11.3 Å². The van der Waals surface area contributed by atoms with Gasteiger partial charge in [-0.3, -0.25) is 14.5 Å². The predicted octanol–water partition coefficient (Wildman–Crippen LogP) is 3.62. The van der Waals surface area contributed by atoms with Crippen LogP contribution >= 0.6 is 0 Å². The zero-order valence-electron chi connectivity index (χ0n) is 19.6. The molecular formula is C27H32N2O5. The van der Waals surface area contributed by atoms with Crippen LogP contribution in [0.15, 0.2) is 60.2 Å². The van der Waals surface area contributed by atoms with Crippen LogP contribution in [0.5, 0.6) is 5.75 Å². The van der Waals surface area contributed by atoms with Gasteiger partial charge in [-0.25, -0.2) is 0 Å². The Labute approximate surface area is 200 Å². The molecule has 1 atom stereocenters. The number of aliphatic hydroxyl groups is 1. The molecule has 0 spiro atoms. The Morgan fingerprint density at radius 1 is 1.06 bits per heavy atom. The van der Waals surface area contributed by atoms with Crippen molar-refractivity contribution in [1.29, 1.82) is 0 Å². The Hall–Kier alpha value is -3.16. The molecular weight excluding hydrogens is 432 g/mol. The average molecular weight is 465 g/mol. The molecule has 7 nitrogen and oxygen atoms in total. The lowest BCUT2D eigenvalue weighted by molar-refractivity contribution is -0.140. The number of nitrogens with zero attached hydrogens (tertiary/aromatic N) is 2. The lowest BCUT2D eigenvalue weighted by Gasteiger charge is -2.29. The van der Waals surface area contributed by atoms with Crippen molar-refractivity contribution >= 4 is 17.4 Å². The number of rotatable bonds is 9. The molecule has 2 saturated heterocycles. The summed E-state index contributed by atoms with van der Waals surface area (Å²) in [5, 5.41) is 11.1. The lowest BCUT2D eigenvalue weighted by atomic mass is 9.95. The molecule has 0 aromatic heterocycles. The van der Waals surface area contributed by atoms with Crippen LogP contribution in [0.25, 0.3) is 5.76 Å². The van der Waals surface area contributed by atoms with Crippen molar-refractivity contribution in [2.45, 2.75) is 25.8 Å². The van der Waals surface area contributed by atoms with E-state index in [0.29, 0.717) is 37.7 Å². The molecule has 2 aromatic carbocycles. The lowest BCUT2D eigenvalue weighted by Crippen LogP contribution is -2.38. The highest BCUT2D eigenvalue weighted by atomic mass is 16.5. The van der Waals surface area contributed by atoms with Crippen LogP contribution in [0.1, 0.15) is 36.9 Å². The highest BCUT2D eigenvalue weighted by Crippen LogP contribution is 2.40. The van der Waals surface area contributed by atoms with E-state index in [1.807, 2.05) is 37.3 Å². The van der Waals surface area contributed by atoms with E-state index in [9.17, 15) is 14.7 Å². The fourth-order valence-corrected chi connectivity index (χ4v) is 4.49. The summed E-state index contributed by atoms with van der Waals surface area (Å²) in [6, 6.07) is 15.7. The number of morpholine rings is 1. The van der Waals surface area contributed by atoms with Gasteiger partial charge in [0.15, 0.2) is 0 Å². The average Bonchev–Trinajstić information content (AvgIpc) is 3.13. The van der Waals surface area contributed by atoms with E-state index in [0.717, 1.165) is 38.0 Å². The van der Waals surface area contributed by atoms with E-state index >= 15 is 0 Å². The number of ketones is 1. The summed E-state index contributed by atoms with van der Waals surface area (Å²) in [6.07, 6.45) is 1.60. The largest absolute Gasteiger partial charge is 0.507 e. The molecule has 180 valence electrons. The number of likely N-dealkylation sites (tertiary alicyclic amines) is 1. The normalized spacial score (nSPS) is 20.6. The molecule has 1 unspecified atom stereocenters. The predicted molar refractivity (Wildman–Crippen MR) is 130 cm³/mol. The molecule has 0 radical (unpaired) electrons. The molecule has 2 aliphatic rings. The maximum atomic E-state index is 13.2. The van der Waals surface area contributed by atoms with Gasteiger partial charge in [0.05, 0.1) is 31.4 Å². The zero-order valence-corrected chi connectivity index (χ0v) is 19.6. The third kappa shape index (κ3) is 5.32. The first-order valence-electron chi connectivity index (χ1n) is 12.0. The van der Waals surface area contributed by atoms with Gasteiger partial charge in [-0.15, -0.1) is 0 Å². The topological polar surface area (TPSA) is 79.3 Å². The van der Waals surface area contributed by atoms with Crippen LogP contribution in [0.4, 0.5) is 0 Å². The first-order valence-corrected chi connectivity index (χ1v) is 12.0. The van der Waals surface area contributed by atoms with Gasteiger partial charge in [0.25, 0.3) is 11.7 Å². The molecule has 1 N–H and O–H groups in total. The molecule has 2 fully saturated rings. The Bertz CT molecular complexity index is 1030. The summed E-state index contributed by atoms with van der Waals surface area (Å²) in [5.41, 5.74) is 1.38. The highest BCUT2D eigenvalue weighted by Gasteiger charge is 2.45. The van der Waals surface area contributed by atoms with Crippen molar-refractivity contribution in [3.8, 4) is 5.75 Å². The van der Waals surface area contributed by atoms with Crippen molar-refractivity contribution in [3.63, 3.8) is 0 Å². The summed E-state index contributed by atoms with van der Waals surface area (Å²) >= 11 is 0. The quantitative estimate of drug-likeness (QED) is 0.347. The summed E-state index contributed by atoms with van der Waals surface area (Å²) < 4.78 is 11.2. The van der Waals surface area contributed by atoms with Crippen LogP contribution in [-0.4, -0.2) is 72.6 Å². The number of aliphatic hydroxyl groups excluding tert-OH is 1. The van der Waals surface area contributed by atoms with Crippen LogP contribution in [0.2, 0.25) is 0 Å².